The highest BCUT2D eigenvalue weighted by atomic mass is 16.2. The Bertz CT molecular complexity index is 612. The Morgan fingerprint density at radius 3 is 2.84 bits per heavy atom. The van der Waals surface area contributed by atoms with E-state index in [2.05, 4.69) is 15.7 Å². The van der Waals surface area contributed by atoms with Gasteiger partial charge in [-0.15, -0.1) is 0 Å². The second-order valence-corrected chi connectivity index (χ2v) is 3.97. The van der Waals surface area contributed by atoms with E-state index in [1.165, 1.54) is 4.68 Å². The van der Waals surface area contributed by atoms with Gasteiger partial charge in [-0.1, -0.05) is 30.3 Å². The molecule has 6 heteroatoms. The van der Waals surface area contributed by atoms with Crippen molar-refractivity contribution in [3.63, 3.8) is 0 Å². The van der Waals surface area contributed by atoms with Gasteiger partial charge in [0.15, 0.2) is 5.82 Å². The fourth-order valence-corrected chi connectivity index (χ4v) is 1.59. The average molecular weight is 255 g/mol. The molecule has 2 amide bonds. The number of anilines is 1. The summed E-state index contributed by atoms with van der Waals surface area (Å²) in [5, 5.41) is 18.1. The third-order valence-electron chi connectivity index (χ3n) is 2.48. The average Bonchev–Trinajstić information content (AvgIpc) is 2.77. The van der Waals surface area contributed by atoms with Gasteiger partial charge in [-0.3, -0.25) is 10.00 Å². The number of nitriles is 1. The van der Waals surface area contributed by atoms with Gasteiger partial charge < -0.3 is 5.32 Å². The Morgan fingerprint density at radius 2 is 2.16 bits per heavy atom. The number of aryl methyl sites for hydroxylation is 1. The van der Waals surface area contributed by atoms with Crippen LogP contribution < -0.4 is 10.6 Å². The number of carbonyl (C=O) groups is 1. The van der Waals surface area contributed by atoms with Crippen molar-refractivity contribution >= 4 is 11.8 Å². The molecule has 2 N–H and O–H groups in total. The summed E-state index contributed by atoms with van der Waals surface area (Å²) < 4.78 is 1.48. The number of benzene rings is 1. The van der Waals surface area contributed by atoms with Crippen LogP contribution in [-0.2, 0) is 13.6 Å². The fraction of sp³-hybridized carbons (Fsp3) is 0.154. The lowest BCUT2D eigenvalue weighted by Gasteiger charge is -2.05. The monoisotopic (exact) mass is 255 g/mol. The van der Waals surface area contributed by atoms with Crippen molar-refractivity contribution in [3.05, 3.63) is 47.7 Å². The van der Waals surface area contributed by atoms with Crippen LogP contribution in [0.2, 0.25) is 0 Å². The van der Waals surface area contributed by atoms with Gasteiger partial charge >= 0.3 is 6.03 Å². The zero-order chi connectivity index (χ0) is 13.7. The first-order valence-electron chi connectivity index (χ1n) is 5.71. The third kappa shape index (κ3) is 3.33. The maximum absolute atomic E-state index is 11.7. The summed E-state index contributed by atoms with van der Waals surface area (Å²) >= 11 is 0. The van der Waals surface area contributed by atoms with Crippen molar-refractivity contribution in [2.24, 2.45) is 7.05 Å². The first-order chi connectivity index (χ1) is 9.19. The molecule has 1 heterocycles. The van der Waals surface area contributed by atoms with Crippen LogP contribution in [0, 0.1) is 11.3 Å². The number of nitrogens with one attached hydrogen (secondary N) is 2. The van der Waals surface area contributed by atoms with Gasteiger partial charge in [0.25, 0.3) is 0 Å². The number of urea groups is 1. The molecule has 0 fully saturated rings. The normalized spacial score (nSPS) is 9.68. The minimum absolute atomic E-state index is 0.260. The fourth-order valence-electron chi connectivity index (χ4n) is 1.59. The molecule has 2 rings (SSSR count). The van der Waals surface area contributed by atoms with Crippen LogP contribution in [0.5, 0.6) is 0 Å². The molecule has 0 aliphatic rings. The molecule has 6 nitrogen and oxygen atoms in total. The minimum atomic E-state index is -0.390. The molecule has 1 aromatic heterocycles. The third-order valence-corrected chi connectivity index (χ3v) is 2.48. The molecular weight excluding hydrogens is 242 g/mol. The van der Waals surface area contributed by atoms with E-state index in [0.29, 0.717) is 12.1 Å². The highest BCUT2D eigenvalue weighted by Gasteiger charge is 2.10. The molecule has 2 aromatic rings. The number of amides is 2. The quantitative estimate of drug-likeness (QED) is 0.874. The zero-order valence-electron chi connectivity index (χ0n) is 10.4. The second kappa shape index (κ2) is 5.69. The summed E-state index contributed by atoms with van der Waals surface area (Å²) in [7, 11) is 1.69. The Kier molecular flexibility index (Phi) is 3.78. The van der Waals surface area contributed by atoms with Crippen LogP contribution in [0.15, 0.2) is 36.5 Å². The highest BCUT2D eigenvalue weighted by Crippen LogP contribution is 2.10. The molecule has 19 heavy (non-hydrogen) atoms. The predicted molar refractivity (Wildman–Crippen MR) is 70.2 cm³/mol. The van der Waals surface area contributed by atoms with E-state index in [9.17, 15) is 4.79 Å². The van der Waals surface area contributed by atoms with E-state index in [0.717, 1.165) is 5.56 Å². The summed E-state index contributed by atoms with van der Waals surface area (Å²) in [6.07, 6.45) is 1.55. The van der Waals surface area contributed by atoms with Crippen molar-refractivity contribution in [1.82, 2.24) is 15.1 Å². The number of aromatic nitrogens is 2. The number of hydrogen-bond donors (Lipinski definition) is 2. The zero-order valence-corrected chi connectivity index (χ0v) is 10.4. The lowest BCUT2D eigenvalue weighted by atomic mass is 10.2. The molecule has 0 spiro atoms. The number of nitrogens with zero attached hydrogens (tertiary/aromatic N) is 3. The minimum Gasteiger partial charge on any atom is -0.334 e. The van der Waals surface area contributed by atoms with Crippen molar-refractivity contribution in [3.8, 4) is 6.07 Å². The largest absolute Gasteiger partial charge is 0.334 e. The van der Waals surface area contributed by atoms with Crippen molar-refractivity contribution in [2.75, 3.05) is 5.32 Å². The van der Waals surface area contributed by atoms with Crippen LogP contribution in [0.3, 0.4) is 0 Å². The van der Waals surface area contributed by atoms with Gasteiger partial charge in [0.05, 0.1) is 0 Å². The molecule has 96 valence electrons. The molecule has 1 aromatic carbocycles. The Labute approximate surface area is 110 Å². The van der Waals surface area contributed by atoms with Crippen LogP contribution in [-0.4, -0.2) is 15.8 Å². The first-order valence-corrected chi connectivity index (χ1v) is 5.71. The molecule has 0 saturated carbocycles. The smallest absolute Gasteiger partial charge is 0.320 e. The van der Waals surface area contributed by atoms with Gasteiger partial charge in [-0.2, -0.15) is 10.4 Å². The summed E-state index contributed by atoms with van der Waals surface area (Å²) in [4.78, 5) is 11.7. The van der Waals surface area contributed by atoms with Crippen molar-refractivity contribution in [2.45, 2.75) is 6.54 Å². The molecule has 0 atom stereocenters. The standard InChI is InChI=1S/C13H13N5O/c1-18-9-11(7-14)12(17-18)16-13(19)15-8-10-5-3-2-4-6-10/h2-6,9H,8H2,1H3,(H2,15,16,17,19). The summed E-state index contributed by atoms with van der Waals surface area (Å²) in [5.41, 5.74) is 1.33. The van der Waals surface area contributed by atoms with E-state index >= 15 is 0 Å². The number of hydrogen-bond acceptors (Lipinski definition) is 3. The lowest BCUT2D eigenvalue weighted by molar-refractivity contribution is 0.251. The maximum atomic E-state index is 11.7. The van der Waals surface area contributed by atoms with Gasteiger partial charge in [-0.25, -0.2) is 4.79 Å². The lowest BCUT2D eigenvalue weighted by Crippen LogP contribution is -2.28. The Hall–Kier alpha value is -2.81. The van der Waals surface area contributed by atoms with Crippen LogP contribution in [0.4, 0.5) is 10.6 Å². The first kappa shape index (κ1) is 12.6. The van der Waals surface area contributed by atoms with Crippen molar-refractivity contribution in [1.29, 1.82) is 5.26 Å². The topological polar surface area (TPSA) is 82.7 Å². The molecule has 0 radical (unpaired) electrons. The SMILES string of the molecule is Cn1cc(C#N)c(NC(=O)NCc2ccccc2)n1. The molecule has 0 saturated heterocycles. The van der Waals surface area contributed by atoms with Crippen LogP contribution >= 0.6 is 0 Å². The summed E-state index contributed by atoms with van der Waals surface area (Å²) in [6, 6.07) is 11.1. The van der Waals surface area contributed by atoms with Crippen molar-refractivity contribution < 1.29 is 4.79 Å². The van der Waals surface area contributed by atoms with E-state index in [4.69, 9.17) is 5.26 Å². The Morgan fingerprint density at radius 1 is 1.42 bits per heavy atom. The second-order valence-electron chi connectivity index (χ2n) is 3.97. The molecule has 0 unspecified atom stereocenters. The van der Waals surface area contributed by atoms with E-state index in [-0.39, 0.29) is 11.8 Å². The van der Waals surface area contributed by atoms with Gasteiger partial charge in [0.1, 0.15) is 11.6 Å². The Balaban J connectivity index is 1.93. The maximum Gasteiger partial charge on any atom is 0.320 e. The van der Waals surface area contributed by atoms with Gasteiger partial charge in [0.2, 0.25) is 0 Å². The van der Waals surface area contributed by atoms with E-state index < -0.39 is 0 Å². The van der Waals surface area contributed by atoms with E-state index in [1.807, 2.05) is 36.4 Å². The van der Waals surface area contributed by atoms with Crippen LogP contribution in [0.25, 0.3) is 0 Å². The van der Waals surface area contributed by atoms with Gasteiger partial charge in [0, 0.05) is 19.8 Å². The summed E-state index contributed by atoms with van der Waals surface area (Å²) in [5.74, 6) is 0.260. The molecular formula is C13H13N5O. The molecule has 0 aliphatic carbocycles. The highest BCUT2D eigenvalue weighted by molar-refractivity contribution is 5.89. The van der Waals surface area contributed by atoms with Crippen LogP contribution in [0.1, 0.15) is 11.1 Å². The number of rotatable bonds is 3. The summed E-state index contributed by atoms with van der Waals surface area (Å²) in [6.45, 7) is 0.418. The molecule has 0 bridgehead atoms. The van der Waals surface area contributed by atoms with E-state index in [1.54, 1.807) is 13.2 Å². The predicted octanol–water partition coefficient (Wildman–Crippen LogP) is 1.61. The molecule has 0 aliphatic heterocycles. The number of carbonyl (C=O) groups excluding carboxylic acids is 1. The van der Waals surface area contributed by atoms with Gasteiger partial charge in [-0.05, 0) is 5.56 Å².